The van der Waals surface area contributed by atoms with Crippen molar-refractivity contribution in [3.05, 3.63) is 29.3 Å². The summed E-state index contributed by atoms with van der Waals surface area (Å²) in [7, 11) is 0. The Morgan fingerprint density at radius 2 is 2.00 bits per heavy atom. The summed E-state index contributed by atoms with van der Waals surface area (Å²) in [5.74, 6) is 0.852. The van der Waals surface area contributed by atoms with Crippen LogP contribution < -0.4 is 10.6 Å². The van der Waals surface area contributed by atoms with Gasteiger partial charge in [-0.25, -0.2) is 4.98 Å². The Kier molecular flexibility index (Phi) is 6.54. The number of aromatic nitrogens is 1. The number of nitrogens with zero attached hydrogens (tertiary/aromatic N) is 1. The van der Waals surface area contributed by atoms with Crippen molar-refractivity contribution in [2.24, 2.45) is 11.3 Å². The zero-order chi connectivity index (χ0) is 17.1. The lowest BCUT2D eigenvalue weighted by Crippen LogP contribution is -2.48. The second-order valence-corrected chi connectivity index (χ2v) is 8.93. The summed E-state index contributed by atoms with van der Waals surface area (Å²) in [4.78, 5) is 17.4. The molecule has 2 aliphatic rings. The molecule has 1 saturated heterocycles. The maximum Gasteiger partial charge on any atom is 0.220 e. The van der Waals surface area contributed by atoms with E-state index in [4.69, 9.17) is 4.98 Å². The number of carbonyl (C=O) groups is 1. The van der Waals surface area contributed by atoms with E-state index >= 15 is 0 Å². The van der Waals surface area contributed by atoms with Crippen molar-refractivity contribution in [2.75, 3.05) is 19.6 Å². The smallest absolute Gasteiger partial charge is 0.220 e. The molecule has 2 N–H and O–H groups in total. The highest BCUT2D eigenvalue weighted by atomic mass is 35.5. The number of hydrogen-bond donors (Lipinski definition) is 2. The molecule has 1 amide bonds. The molecule has 4 nitrogen and oxygen atoms in total. The normalized spacial score (nSPS) is 19.5. The fourth-order valence-electron chi connectivity index (χ4n) is 4.19. The van der Waals surface area contributed by atoms with Gasteiger partial charge in [-0.05, 0) is 30.4 Å². The molecule has 0 radical (unpaired) electrons. The van der Waals surface area contributed by atoms with Crippen LogP contribution in [0.4, 0.5) is 0 Å². The summed E-state index contributed by atoms with van der Waals surface area (Å²) in [6.07, 6.45) is 7.70. The summed E-state index contributed by atoms with van der Waals surface area (Å²) in [6.45, 7) is 2.90. The number of thiazole rings is 1. The fraction of sp³-hybridized carbons (Fsp3) is 0.600. The van der Waals surface area contributed by atoms with Crippen LogP contribution in [0.2, 0.25) is 0 Å². The van der Waals surface area contributed by atoms with Gasteiger partial charge >= 0.3 is 0 Å². The van der Waals surface area contributed by atoms with Crippen LogP contribution in [0, 0.1) is 11.3 Å². The molecular weight excluding hydrogens is 366 g/mol. The number of amides is 1. The summed E-state index contributed by atoms with van der Waals surface area (Å²) in [6, 6.07) is 8.35. The Bertz CT molecular complexity index is 704. The van der Waals surface area contributed by atoms with E-state index in [0.717, 1.165) is 44.4 Å². The zero-order valence-electron chi connectivity index (χ0n) is 15.1. The van der Waals surface area contributed by atoms with Gasteiger partial charge in [0.2, 0.25) is 5.91 Å². The van der Waals surface area contributed by atoms with Gasteiger partial charge in [-0.15, -0.1) is 23.7 Å². The molecule has 4 rings (SSSR count). The number of fused-ring (bicyclic) bond motifs is 1. The van der Waals surface area contributed by atoms with Crippen molar-refractivity contribution in [2.45, 2.75) is 44.9 Å². The molecule has 26 heavy (non-hydrogen) atoms. The van der Waals surface area contributed by atoms with Crippen LogP contribution >= 0.6 is 23.7 Å². The van der Waals surface area contributed by atoms with Gasteiger partial charge in [0.1, 0.15) is 0 Å². The first-order chi connectivity index (χ1) is 12.2. The molecule has 0 unspecified atom stereocenters. The molecule has 2 aromatic rings. The molecular formula is C20H28ClN3OS. The molecule has 1 aliphatic heterocycles. The van der Waals surface area contributed by atoms with E-state index in [0.29, 0.717) is 12.3 Å². The lowest BCUT2D eigenvalue weighted by molar-refractivity contribution is -0.124. The number of hydrogen-bond acceptors (Lipinski definition) is 4. The maximum absolute atomic E-state index is 12.6. The monoisotopic (exact) mass is 393 g/mol. The average Bonchev–Trinajstić information content (AvgIpc) is 2.95. The van der Waals surface area contributed by atoms with Crippen LogP contribution in [-0.2, 0) is 11.2 Å². The molecule has 2 heterocycles. The van der Waals surface area contributed by atoms with Gasteiger partial charge < -0.3 is 10.6 Å². The molecule has 0 spiro atoms. The number of benzene rings is 1. The molecule has 1 aromatic heterocycles. The second kappa shape index (κ2) is 8.68. The summed E-state index contributed by atoms with van der Waals surface area (Å²) >= 11 is 1.80. The van der Waals surface area contributed by atoms with Crippen molar-refractivity contribution in [3.63, 3.8) is 0 Å². The third-order valence-corrected chi connectivity index (χ3v) is 6.80. The quantitative estimate of drug-likeness (QED) is 0.781. The summed E-state index contributed by atoms with van der Waals surface area (Å²) in [5.41, 5.74) is 1.20. The molecule has 1 aromatic carbocycles. The topological polar surface area (TPSA) is 54.0 Å². The van der Waals surface area contributed by atoms with Crippen LogP contribution in [0.25, 0.3) is 10.2 Å². The van der Waals surface area contributed by atoms with Crippen molar-refractivity contribution < 1.29 is 4.79 Å². The van der Waals surface area contributed by atoms with Crippen molar-refractivity contribution in [1.82, 2.24) is 15.6 Å². The molecule has 2 fully saturated rings. The second-order valence-electron chi connectivity index (χ2n) is 7.82. The Morgan fingerprint density at radius 3 is 2.69 bits per heavy atom. The van der Waals surface area contributed by atoms with Gasteiger partial charge in [-0.1, -0.05) is 31.4 Å². The Morgan fingerprint density at radius 1 is 1.23 bits per heavy atom. The van der Waals surface area contributed by atoms with Gasteiger partial charge in [0.05, 0.1) is 15.2 Å². The number of nitrogens with one attached hydrogen (secondary N) is 2. The molecule has 0 bridgehead atoms. The van der Waals surface area contributed by atoms with Crippen LogP contribution in [0.15, 0.2) is 24.3 Å². The minimum atomic E-state index is 0. The largest absolute Gasteiger partial charge is 0.356 e. The zero-order valence-corrected chi connectivity index (χ0v) is 16.8. The third kappa shape index (κ3) is 4.56. The van der Waals surface area contributed by atoms with E-state index in [2.05, 4.69) is 28.8 Å². The Labute approximate surface area is 165 Å². The lowest BCUT2D eigenvalue weighted by Gasteiger charge is -2.36. The van der Waals surface area contributed by atoms with Crippen molar-refractivity contribution >= 4 is 39.9 Å². The fourth-order valence-corrected chi connectivity index (χ4v) is 5.33. The molecule has 142 valence electrons. The van der Waals surface area contributed by atoms with E-state index in [1.807, 2.05) is 6.07 Å². The number of rotatable bonds is 6. The van der Waals surface area contributed by atoms with Crippen molar-refractivity contribution in [1.29, 1.82) is 0 Å². The van der Waals surface area contributed by atoms with E-state index in [1.54, 1.807) is 11.3 Å². The van der Waals surface area contributed by atoms with Crippen LogP contribution in [-0.4, -0.2) is 30.5 Å². The van der Waals surface area contributed by atoms with Gasteiger partial charge in [-0.3, -0.25) is 4.79 Å². The minimum Gasteiger partial charge on any atom is -0.356 e. The maximum atomic E-state index is 12.6. The standard InChI is InChI=1S/C20H27N3OS.ClH/c24-18(22-14-15-12-21-13-15)10-20(8-4-1-5-9-20)11-19-23-16-6-2-3-7-17(16)25-19;/h2-3,6-7,15,21H,1,4-5,8-14H2,(H,22,24);1H. The van der Waals surface area contributed by atoms with E-state index < -0.39 is 0 Å². The first-order valence-corrected chi connectivity index (χ1v) is 10.4. The Hall–Kier alpha value is -1.17. The predicted molar refractivity (Wildman–Crippen MR) is 110 cm³/mol. The lowest BCUT2D eigenvalue weighted by atomic mass is 9.69. The Balaban J connectivity index is 0.00000196. The minimum absolute atomic E-state index is 0. The van der Waals surface area contributed by atoms with Gasteiger partial charge in [0.25, 0.3) is 0 Å². The van der Waals surface area contributed by atoms with E-state index in [1.165, 1.54) is 29.0 Å². The summed E-state index contributed by atoms with van der Waals surface area (Å²) in [5, 5.41) is 7.63. The molecule has 1 aliphatic carbocycles. The molecule has 0 atom stereocenters. The van der Waals surface area contributed by atoms with Crippen LogP contribution in [0.5, 0.6) is 0 Å². The highest BCUT2D eigenvalue weighted by molar-refractivity contribution is 7.18. The first-order valence-electron chi connectivity index (χ1n) is 9.54. The molecule has 1 saturated carbocycles. The van der Waals surface area contributed by atoms with Crippen LogP contribution in [0.3, 0.4) is 0 Å². The summed E-state index contributed by atoms with van der Waals surface area (Å²) < 4.78 is 1.25. The number of halogens is 1. The average molecular weight is 394 g/mol. The number of carbonyl (C=O) groups excluding carboxylic acids is 1. The van der Waals surface area contributed by atoms with Gasteiger partial charge in [0, 0.05) is 38.4 Å². The third-order valence-electron chi connectivity index (χ3n) is 5.77. The highest BCUT2D eigenvalue weighted by Gasteiger charge is 2.35. The van der Waals surface area contributed by atoms with Gasteiger partial charge in [-0.2, -0.15) is 0 Å². The molecule has 6 heteroatoms. The van der Waals surface area contributed by atoms with E-state index in [9.17, 15) is 4.79 Å². The van der Waals surface area contributed by atoms with E-state index in [-0.39, 0.29) is 23.7 Å². The number of para-hydroxylation sites is 1. The van der Waals surface area contributed by atoms with Crippen LogP contribution in [0.1, 0.15) is 43.5 Å². The van der Waals surface area contributed by atoms with Crippen molar-refractivity contribution in [3.8, 4) is 0 Å². The highest BCUT2D eigenvalue weighted by Crippen LogP contribution is 2.43. The predicted octanol–water partition coefficient (Wildman–Crippen LogP) is 3.94. The van der Waals surface area contributed by atoms with Gasteiger partial charge in [0.15, 0.2) is 0 Å². The SMILES string of the molecule is Cl.O=C(CC1(Cc2nc3ccccc3s2)CCCCC1)NCC1CNC1. The first kappa shape index (κ1) is 19.6.